The second kappa shape index (κ2) is 13.3. The lowest BCUT2D eigenvalue weighted by molar-refractivity contribution is -0.212. The van der Waals surface area contributed by atoms with Crippen LogP contribution in [0.3, 0.4) is 0 Å². The zero-order chi connectivity index (χ0) is 28.0. The van der Waals surface area contributed by atoms with Crippen LogP contribution in [-0.2, 0) is 38.1 Å². The van der Waals surface area contributed by atoms with Crippen LogP contribution in [0.25, 0.3) is 0 Å². The summed E-state index contributed by atoms with van der Waals surface area (Å²) in [6.45, 7) is 5.06. The van der Waals surface area contributed by atoms with Crippen LogP contribution in [0.1, 0.15) is 44.2 Å². The van der Waals surface area contributed by atoms with Crippen LogP contribution in [0.2, 0.25) is 10.0 Å². The zero-order valence-electron chi connectivity index (χ0n) is 20.8. The van der Waals surface area contributed by atoms with E-state index in [-0.39, 0.29) is 23.9 Å². The highest BCUT2D eigenvalue weighted by molar-refractivity contribution is 7.99. The molecule has 12 nitrogen and oxygen atoms in total. The van der Waals surface area contributed by atoms with Crippen LogP contribution in [-0.4, -0.2) is 75.8 Å². The van der Waals surface area contributed by atoms with Gasteiger partial charge in [0.2, 0.25) is 0 Å². The molecule has 1 aliphatic rings. The molecule has 1 saturated heterocycles. The monoisotopic (exact) mass is 589 g/mol. The summed E-state index contributed by atoms with van der Waals surface area (Å²) >= 11 is 13.4. The Kier molecular flexibility index (Phi) is 10.4. The summed E-state index contributed by atoms with van der Waals surface area (Å²) in [4.78, 5) is 48.7. The first-order valence-corrected chi connectivity index (χ1v) is 13.0. The largest absolute Gasteiger partial charge is 0.463 e. The van der Waals surface area contributed by atoms with Crippen LogP contribution in [0.5, 0.6) is 0 Å². The minimum Gasteiger partial charge on any atom is -0.463 e. The highest BCUT2D eigenvalue weighted by Crippen LogP contribution is 2.42. The molecule has 0 bridgehead atoms. The van der Waals surface area contributed by atoms with Gasteiger partial charge in [0.1, 0.15) is 24.2 Å². The number of aromatic nitrogens is 3. The van der Waals surface area contributed by atoms with E-state index in [1.807, 2.05) is 0 Å². The summed E-state index contributed by atoms with van der Waals surface area (Å²) in [7, 11) is 0. The molecular weight excluding hydrogens is 565 g/mol. The fourth-order valence-corrected chi connectivity index (χ4v) is 5.20. The van der Waals surface area contributed by atoms with Crippen molar-refractivity contribution < 1.29 is 42.9 Å². The molecule has 1 fully saturated rings. The van der Waals surface area contributed by atoms with Crippen molar-refractivity contribution in [2.75, 3.05) is 13.2 Å². The molecule has 1 aliphatic heterocycles. The van der Waals surface area contributed by atoms with Gasteiger partial charge < -0.3 is 23.7 Å². The molecule has 1 aromatic heterocycles. The maximum absolute atomic E-state index is 12.2. The normalized spacial score (nSPS) is 22.8. The summed E-state index contributed by atoms with van der Waals surface area (Å²) in [6.07, 6.45) is -2.03. The number of carbonyl (C=O) groups is 4. The standard InChI is InChI=1S/C23H25Cl2N3O9S/c1-5-33-22(32)17-9-28(27-26-17)19-20(35-12(3)30)18(10-34-11(2)29)37-23(21(19)36-13(4)31)38-14-6-7-15(24)16(25)8-14/h6-9,18-21,23H,5,10H2,1-4H3/t18?,19-,20-,21?,23+/m0/s1. The maximum atomic E-state index is 12.2. The fraction of sp³-hybridized carbons (Fsp3) is 0.478. The molecule has 0 aliphatic carbocycles. The predicted octanol–water partition coefficient (Wildman–Crippen LogP) is 3.25. The van der Waals surface area contributed by atoms with Crippen molar-refractivity contribution >= 4 is 58.8 Å². The average molecular weight is 590 g/mol. The molecule has 0 spiro atoms. The molecule has 38 heavy (non-hydrogen) atoms. The fourth-order valence-electron chi connectivity index (χ4n) is 3.68. The minimum atomic E-state index is -1.17. The SMILES string of the molecule is CCOC(=O)c1cn([C@@H]2C(OC(C)=O)[C@@H](Sc3ccc(Cl)c(Cl)c3)OC(COC(C)=O)[C@@H]2OC(C)=O)nn1. The van der Waals surface area contributed by atoms with E-state index in [0.29, 0.717) is 9.92 Å². The molecule has 206 valence electrons. The lowest BCUT2D eigenvalue weighted by Crippen LogP contribution is -2.57. The molecule has 0 amide bonds. The van der Waals surface area contributed by atoms with Gasteiger partial charge in [-0.3, -0.25) is 14.4 Å². The van der Waals surface area contributed by atoms with Gasteiger partial charge in [0.15, 0.2) is 17.9 Å². The number of benzene rings is 1. The number of rotatable bonds is 9. The Balaban J connectivity index is 2.10. The molecule has 2 unspecified atom stereocenters. The Morgan fingerprint density at radius 2 is 1.68 bits per heavy atom. The van der Waals surface area contributed by atoms with E-state index in [1.54, 1.807) is 25.1 Å². The number of hydrogen-bond acceptors (Lipinski definition) is 12. The number of hydrogen-bond donors (Lipinski definition) is 0. The second-order valence-electron chi connectivity index (χ2n) is 7.98. The van der Waals surface area contributed by atoms with E-state index in [4.69, 9.17) is 46.9 Å². The van der Waals surface area contributed by atoms with E-state index < -0.39 is 53.7 Å². The minimum absolute atomic E-state index is 0.113. The third-order valence-corrected chi connectivity index (χ3v) is 6.99. The molecule has 0 radical (unpaired) electrons. The highest BCUT2D eigenvalue weighted by Gasteiger charge is 2.52. The smallest absolute Gasteiger partial charge is 0.360 e. The van der Waals surface area contributed by atoms with Gasteiger partial charge in [0.05, 0.1) is 22.8 Å². The van der Waals surface area contributed by atoms with E-state index in [1.165, 1.54) is 31.6 Å². The zero-order valence-corrected chi connectivity index (χ0v) is 23.1. The Hall–Kier alpha value is -2.87. The summed E-state index contributed by atoms with van der Waals surface area (Å²) in [5.74, 6) is -2.65. The lowest BCUT2D eigenvalue weighted by Gasteiger charge is -2.44. The molecule has 2 heterocycles. The quantitative estimate of drug-likeness (QED) is 0.312. The van der Waals surface area contributed by atoms with E-state index in [9.17, 15) is 19.2 Å². The number of ether oxygens (including phenoxy) is 5. The van der Waals surface area contributed by atoms with Crippen LogP contribution in [0, 0.1) is 0 Å². The topological polar surface area (TPSA) is 145 Å². The van der Waals surface area contributed by atoms with Crippen molar-refractivity contribution in [3.63, 3.8) is 0 Å². The van der Waals surface area contributed by atoms with Gasteiger partial charge in [-0.05, 0) is 25.1 Å². The number of nitrogens with zero attached hydrogens (tertiary/aromatic N) is 3. The third kappa shape index (κ3) is 7.59. The van der Waals surface area contributed by atoms with Gasteiger partial charge in [0, 0.05) is 25.7 Å². The van der Waals surface area contributed by atoms with Crippen LogP contribution in [0.15, 0.2) is 29.3 Å². The highest BCUT2D eigenvalue weighted by atomic mass is 35.5. The van der Waals surface area contributed by atoms with Crippen molar-refractivity contribution in [3.8, 4) is 0 Å². The average Bonchev–Trinajstić information content (AvgIpc) is 3.31. The molecule has 0 saturated carbocycles. The van der Waals surface area contributed by atoms with Gasteiger partial charge >= 0.3 is 23.9 Å². The Bertz CT molecular complexity index is 1190. The van der Waals surface area contributed by atoms with Crippen molar-refractivity contribution in [1.29, 1.82) is 0 Å². The number of carbonyl (C=O) groups excluding carboxylic acids is 4. The molecule has 15 heteroatoms. The summed E-state index contributed by atoms with van der Waals surface area (Å²) in [5.41, 5.74) is -1.06. The van der Waals surface area contributed by atoms with Gasteiger partial charge in [-0.25, -0.2) is 9.48 Å². The van der Waals surface area contributed by atoms with Gasteiger partial charge in [0.25, 0.3) is 0 Å². The van der Waals surface area contributed by atoms with Crippen LogP contribution in [0.4, 0.5) is 0 Å². The van der Waals surface area contributed by atoms with Crippen molar-refractivity contribution in [1.82, 2.24) is 15.0 Å². The molecular formula is C23H25Cl2N3O9S. The Morgan fingerprint density at radius 1 is 1.00 bits per heavy atom. The molecule has 0 N–H and O–H groups in total. The predicted molar refractivity (Wildman–Crippen MR) is 134 cm³/mol. The number of halogens is 2. The number of thioether (sulfide) groups is 1. The summed E-state index contributed by atoms with van der Waals surface area (Å²) < 4.78 is 28.8. The van der Waals surface area contributed by atoms with Crippen LogP contribution < -0.4 is 0 Å². The first-order valence-electron chi connectivity index (χ1n) is 11.3. The van der Waals surface area contributed by atoms with Gasteiger partial charge in [-0.15, -0.1) is 5.10 Å². The van der Waals surface area contributed by atoms with Gasteiger partial charge in [-0.2, -0.15) is 0 Å². The first kappa shape index (κ1) is 29.7. The van der Waals surface area contributed by atoms with Crippen LogP contribution >= 0.6 is 35.0 Å². The summed E-state index contributed by atoms with van der Waals surface area (Å²) in [5, 5.41) is 8.52. The van der Waals surface area contributed by atoms with Crippen molar-refractivity contribution in [2.24, 2.45) is 0 Å². The molecule has 5 atom stereocenters. The van der Waals surface area contributed by atoms with E-state index in [2.05, 4.69) is 10.3 Å². The Labute approximate surface area is 232 Å². The first-order chi connectivity index (χ1) is 18.0. The maximum Gasteiger partial charge on any atom is 0.360 e. The van der Waals surface area contributed by atoms with E-state index in [0.717, 1.165) is 11.8 Å². The van der Waals surface area contributed by atoms with E-state index >= 15 is 0 Å². The van der Waals surface area contributed by atoms with Gasteiger partial charge in [-0.1, -0.05) is 40.2 Å². The third-order valence-electron chi connectivity index (χ3n) is 5.12. The van der Waals surface area contributed by atoms with Crippen molar-refractivity contribution in [3.05, 3.63) is 40.1 Å². The van der Waals surface area contributed by atoms with Crippen molar-refractivity contribution in [2.45, 2.75) is 62.4 Å². The lowest BCUT2D eigenvalue weighted by atomic mass is 9.96. The second-order valence-corrected chi connectivity index (χ2v) is 9.97. The number of esters is 4. The molecule has 3 rings (SSSR count). The molecule has 2 aromatic rings. The summed E-state index contributed by atoms with van der Waals surface area (Å²) in [6, 6.07) is 3.84. The molecule has 1 aromatic carbocycles. The Morgan fingerprint density at radius 3 is 2.29 bits per heavy atom.